The molecule has 0 unspecified atom stereocenters. The summed E-state index contributed by atoms with van der Waals surface area (Å²) in [7, 11) is 0. The van der Waals surface area contributed by atoms with Gasteiger partial charge in [0.25, 0.3) is 11.2 Å². The SMILES string of the molecule is O=c1c2ccc([N+](=O)[O-])cc2ncn1Cc1ccc(C(F)(F)F)cc1. The first kappa shape index (κ1) is 16.6. The summed E-state index contributed by atoms with van der Waals surface area (Å²) < 4.78 is 38.9. The fourth-order valence-corrected chi connectivity index (χ4v) is 2.37. The second kappa shape index (κ2) is 6.00. The number of hydrogen-bond acceptors (Lipinski definition) is 4. The lowest BCUT2D eigenvalue weighted by Gasteiger charge is -2.09. The molecule has 2 aromatic carbocycles. The molecule has 0 aliphatic carbocycles. The molecule has 0 spiro atoms. The summed E-state index contributed by atoms with van der Waals surface area (Å²) in [6.45, 7) is 0.0386. The molecule has 0 radical (unpaired) electrons. The molecule has 1 heterocycles. The van der Waals surface area contributed by atoms with E-state index in [-0.39, 0.29) is 23.1 Å². The van der Waals surface area contributed by atoms with E-state index in [1.165, 1.54) is 41.2 Å². The van der Waals surface area contributed by atoms with Crippen molar-refractivity contribution in [3.05, 3.63) is 80.4 Å². The van der Waals surface area contributed by atoms with Crippen molar-refractivity contribution in [1.82, 2.24) is 9.55 Å². The maximum absolute atomic E-state index is 12.6. The fraction of sp³-hybridized carbons (Fsp3) is 0.125. The fourth-order valence-electron chi connectivity index (χ4n) is 2.37. The molecule has 1 aromatic heterocycles. The van der Waals surface area contributed by atoms with E-state index in [9.17, 15) is 28.1 Å². The number of fused-ring (bicyclic) bond motifs is 1. The summed E-state index contributed by atoms with van der Waals surface area (Å²) in [6.07, 6.45) is -3.21. The largest absolute Gasteiger partial charge is 0.416 e. The second-order valence-corrected chi connectivity index (χ2v) is 5.33. The van der Waals surface area contributed by atoms with Gasteiger partial charge in [-0.3, -0.25) is 19.5 Å². The van der Waals surface area contributed by atoms with E-state index >= 15 is 0 Å². The first-order chi connectivity index (χ1) is 11.8. The van der Waals surface area contributed by atoms with E-state index in [0.717, 1.165) is 12.1 Å². The van der Waals surface area contributed by atoms with Crippen molar-refractivity contribution in [3.63, 3.8) is 0 Å². The topological polar surface area (TPSA) is 78.0 Å². The Labute approximate surface area is 138 Å². The lowest BCUT2D eigenvalue weighted by Crippen LogP contribution is -2.21. The Morgan fingerprint density at radius 1 is 1.12 bits per heavy atom. The third kappa shape index (κ3) is 3.35. The van der Waals surface area contributed by atoms with Crippen LogP contribution in [-0.4, -0.2) is 14.5 Å². The number of halogens is 3. The van der Waals surface area contributed by atoms with E-state index in [1.807, 2.05) is 0 Å². The zero-order valence-electron chi connectivity index (χ0n) is 12.5. The van der Waals surface area contributed by atoms with Gasteiger partial charge in [-0.25, -0.2) is 4.98 Å². The van der Waals surface area contributed by atoms with E-state index < -0.39 is 22.2 Å². The van der Waals surface area contributed by atoms with Crippen LogP contribution in [0.25, 0.3) is 10.9 Å². The molecule has 0 saturated heterocycles. The van der Waals surface area contributed by atoms with Gasteiger partial charge in [0.05, 0.1) is 34.3 Å². The summed E-state index contributed by atoms with van der Waals surface area (Å²) in [5.41, 5.74) is -0.701. The number of nitro groups is 1. The third-order valence-corrected chi connectivity index (χ3v) is 3.65. The van der Waals surface area contributed by atoms with Gasteiger partial charge in [0.1, 0.15) is 0 Å². The molecule has 0 aliphatic rings. The van der Waals surface area contributed by atoms with Gasteiger partial charge in [-0.2, -0.15) is 13.2 Å². The van der Waals surface area contributed by atoms with Gasteiger partial charge in [0.2, 0.25) is 0 Å². The molecule has 3 rings (SSSR count). The van der Waals surface area contributed by atoms with Crippen LogP contribution in [-0.2, 0) is 12.7 Å². The smallest absolute Gasteiger partial charge is 0.294 e. The van der Waals surface area contributed by atoms with Gasteiger partial charge >= 0.3 is 6.18 Å². The van der Waals surface area contributed by atoms with Crippen molar-refractivity contribution in [2.45, 2.75) is 12.7 Å². The van der Waals surface area contributed by atoms with Gasteiger partial charge in [0.15, 0.2) is 0 Å². The number of nitro benzene ring substituents is 1. The standard InChI is InChI=1S/C16H10F3N3O3/c17-16(18,19)11-3-1-10(2-4-11)8-21-9-20-14-7-12(22(24)25)5-6-13(14)15(21)23/h1-7,9H,8H2. The summed E-state index contributed by atoms with van der Waals surface area (Å²) in [5.74, 6) is 0. The van der Waals surface area contributed by atoms with E-state index in [2.05, 4.69) is 4.98 Å². The van der Waals surface area contributed by atoms with Crippen molar-refractivity contribution < 1.29 is 18.1 Å². The Balaban J connectivity index is 1.94. The van der Waals surface area contributed by atoms with Crippen molar-refractivity contribution >= 4 is 16.6 Å². The zero-order valence-corrected chi connectivity index (χ0v) is 12.5. The van der Waals surface area contributed by atoms with Crippen LogP contribution in [0.5, 0.6) is 0 Å². The second-order valence-electron chi connectivity index (χ2n) is 5.33. The van der Waals surface area contributed by atoms with Crippen LogP contribution in [0.4, 0.5) is 18.9 Å². The van der Waals surface area contributed by atoms with Crippen LogP contribution >= 0.6 is 0 Å². The van der Waals surface area contributed by atoms with Gasteiger partial charge in [-0.15, -0.1) is 0 Å². The van der Waals surface area contributed by atoms with Gasteiger partial charge in [0, 0.05) is 12.1 Å². The van der Waals surface area contributed by atoms with Crippen LogP contribution in [0.1, 0.15) is 11.1 Å². The first-order valence-corrected chi connectivity index (χ1v) is 7.05. The third-order valence-electron chi connectivity index (χ3n) is 3.65. The lowest BCUT2D eigenvalue weighted by atomic mass is 10.1. The van der Waals surface area contributed by atoms with Gasteiger partial charge in [-0.05, 0) is 23.8 Å². The van der Waals surface area contributed by atoms with Gasteiger partial charge in [-0.1, -0.05) is 12.1 Å². The van der Waals surface area contributed by atoms with Gasteiger partial charge < -0.3 is 0 Å². The van der Waals surface area contributed by atoms with E-state index in [0.29, 0.717) is 5.56 Å². The molecule has 9 heteroatoms. The van der Waals surface area contributed by atoms with Crippen LogP contribution in [0, 0.1) is 10.1 Å². The number of hydrogen-bond donors (Lipinski definition) is 0. The minimum atomic E-state index is -4.42. The zero-order chi connectivity index (χ0) is 18.2. The molecule has 0 fully saturated rings. The Bertz CT molecular complexity index is 1010. The first-order valence-electron chi connectivity index (χ1n) is 7.05. The number of non-ortho nitro benzene ring substituents is 1. The summed E-state index contributed by atoms with van der Waals surface area (Å²) in [4.78, 5) is 26.6. The average Bonchev–Trinajstić information content (AvgIpc) is 2.56. The molecule has 128 valence electrons. The Morgan fingerprint density at radius 3 is 2.40 bits per heavy atom. The number of nitrogens with zero attached hydrogens (tertiary/aromatic N) is 3. The highest BCUT2D eigenvalue weighted by molar-refractivity contribution is 5.79. The Kier molecular flexibility index (Phi) is 3.99. The molecule has 25 heavy (non-hydrogen) atoms. The summed E-state index contributed by atoms with van der Waals surface area (Å²) in [6, 6.07) is 8.17. The predicted molar refractivity (Wildman–Crippen MR) is 83.2 cm³/mol. The summed E-state index contributed by atoms with van der Waals surface area (Å²) in [5, 5.41) is 10.9. The molecule has 0 bridgehead atoms. The Hall–Kier alpha value is -3.23. The van der Waals surface area contributed by atoms with Crippen molar-refractivity contribution in [1.29, 1.82) is 0 Å². The van der Waals surface area contributed by atoms with Crippen molar-refractivity contribution in [2.24, 2.45) is 0 Å². The minimum absolute atomic E-state index is 0.0386. The van der Waals surface area contributed by atoms with Crippen LogP contribution < -0.4 is 5.56 Å². The minimum Gasteiger partial charge on any atom is -0.294 e. The maximum Gasteiger partial charge on any atom is 0.416 e. The molecule has 3 aromatic rings. The highest BCUT2D eigenvalue weighted by Gasteiger charge is 2.29. The highest BCUT2D eigenvalue weighted by Crippen LogP contribution is 2.29. The number of alkyl halides is 3. The highest BCUT2D eigenvalue weighted by atomic mass is 19.4. The quantitative estimate of drug-likeness (QED) is 0.536. The molecule has 6 nitrogen and oxygen atoms in total. The molecule has 0 atom stereocenters. The lowest BCUT2D eigenvalue weighted by molar-refractivity contribution is -0.384. The maximum atomic E-state index is 12.6. The van der Waals surface area contributed by atoms with E-state index in [1.54, 1.807) is 0 Å². The predicted octanol–water partition coefficient (Wildman–Crippen LogP) is 3.37. The molecule has 0 aliphatic heterocycles. The molecular formula is C16H10F3N3O3. The molecule has 0 amide bonds. The normalized spacial score (nSPS) is 11.6. The van der Waals surface area contributed by atoms with Crippen LogP contribution in [0.15, 0.2) is 53.6 Å². The summed E-state index contributed by atoms with van der Waals surface area (Å²) >= 11 is 0. The van der Waals surface area contributed by atoms with Crippen molar-refractivity contribution in [3.8, 4) is 0 Å². The Morgan fingerprint density at radius 2 is 1.80 bits per heavy atom. The average molecular weight is 349 g/mol. The monoisotopic (exact) mass is 349 g/mol. The number of aromatic nitrogens is 2. The molecule has 0 N–H and O–H groups in total. The van der Waals surface area contributed by atoms with Crippen molar-refractivity contribution in [2.75, 3.05) is 0 Å². The number of rotatable bonds is 3. The molecular weight excluding hydrogens is 339 g/mol. The van der Waals surface area contributed by atoms with E-state index in [4.69, 9.17) is 0 Å². The number of benzene rings is 2. The van der Waals surface area contributed by atoms with Crippen LogP contribution in [0.2, 0.25) is 0 Å². The van der Waals surface area contributed by atoms with Crippen LogP contribution in [0.3, 0.4) is 0 Å². The molecule has 0 saturated carbocycles.